The van der Waals surface area contributed by atoms with E-state index in [2.05, 4.69) is 20.2 Å². The van der Waals surface area contributed by atoms with Gasteiger partial charge >= 0.3 is 6.61 Å². The maximum Gasteiger partial charge on any atom is 0.387 e. The van der Waals surface area contributed by atoms with E-state index in [-0.39, 0.29) is 11.5 Å². The minimum Gasteiger partial charge on any atom is -0.493 e. The largest absolute Gasteiger partial charge is 0.493 e. The molecule has 9 heteroatoms. The Morgan fingerprint density at radius 3 is 2.70 bits per heavy atom. The lowest BCUT2D eigenvalue weighted by atomic mass is 10.2. The third-order valence-corrected chi connectivity index (χ3v) is 3.96. The summed E-state index contributed by atoms with van der Waals surface area (Å²) < 4.78 is 39.5. The molecule has 0 amide bonds. The van der Waals surface area contributed by atoms with Crippen LogP contribution in [0, 0.1) is 6.92 Å². The van der Waals surface area contributed by atoms with Gasteiger partial charge in [-0.2, -0.15) is 13.8 Å². The van der Waals surface area contributed by atoms with Gasteiger partial charge in [-0.25, -0.2) is 0 Å². The number of halogens is 3. The van der Waals surface area contributed by atoms with Crippen LogP contribution in [0.15, 0.2) is 40.9 Å². The van der Waals surface area contributed by atoms with Gasteiger partial charge in [-0.15, -0.1) is 0 Å². The Kier molecular flexibility index (Phi) is 5.75. The average molecular weight is 396 g/mol. The lowest BCUT2D eigenvalue weighted by Crippen LogP contribution is -2.03. The van der Waals surface area contributed by atoms with Crippen LogP contribution in [0.25, 0.3) is 11.4 Å². The highest BCUT2D eigenvalue weighted by atomic mass is 35.5. The summed E-state index contributed by atoms with van der Waals surface area (Å²) in [6.07, 6.45) is 0. The number of ether oxygens (including phenoxy) is 2. The molecule has 1 aromatic heterocycles. The molecule has 1 N–H and O–H groups in total. The highest BCUT2D eigenvalue weighted by Crippen LogP contribution is 2.32. The molecule has 0 aliphatic rings. The smallest absolute Gasteiger partial charge is 0.387 e. The van der Waals surface area contributed by atoms with E-state index in [9.17, 15) is 8.78 Å². The summed E-state index contributed by atoms with van der Waals surface area (Å²) in [4.78, 5) is 4.30. The summed E-state index contributed by atoms with van der Waals surface area (Å²) in [6, 6.07) is 9.91. The van der Waals surface area contributed by atoms with Gasteiger partial charge in [-0.05, 0) is 48.9 Å². The topological polar surface area (TPSA) is 69.4 Å². The summed E-state index contributed by atoms with van der Waals surface area (Å²) in [5, 5.41) is 7.76. The van der Waals surface area contributed by atoms with Gasteiger partial charge in [0.2, 0.25) is 11.7 Å². The number of nitrogens with one attached hydrogen (secondary N) is 1. The first-order valence-electron chi connectivity index (χ1n) is 7.92. The standard InChI is InChI=1S/C18H16ClF2N3O3/c1-10-7-12(19)4-5-13(10)22-9-16-23-17(24-27-16)11-3-6-14(26-18(20)21)15(8-11)25-2/h3-8,18,22H,9H2,1-2H3. The van der Waals surface area contributed by atoms with Crippen LogP contribution in [-0.4, -0.2) is 23.9 Å². The van der Waals surface area contributed by atoms with E-state index in [1.807, 2.05) is 19.1 Å². The molecule has 0 saturated carbocycles. The van der Waals surface area contributed by atoms with Crippen LogP contribution in [-0.2, 0) is 6.54 Å². The molecule has 0 aliphatic heterocycles. The van der Waals surface area contributed by atoms with Crippen molar-refractivity contribution in [3.05, 3.63) is 52.9 Å². The molecule has 0 atom stereocenters. The summed E-state index contributed by atoms with van der Waals surface area (Å²) in [5.41, 5.74) is 2.43. The zero-order chi connectivity index (χ0) is 19.4. The molecule has 1 heterocycles. The number of methoxy groups -OCH3 is 1. The fourth-order valence-electron chi connectivity index (χ4n) is 2.44. The molecule has 0 aliphatic carbocycles. The van der Waals surface area contributed by atoms with E-state index in [1.54, 1.807) is 12.1 Å². The Bertz CT molecular complexity index is 934. The van der Waals surface area contributed by atoms with Crippen molar-refractivity contribution in [2.24, 2.45) is 0 Å². The molecule has 2 aromatic carbocycles. The van der Waals surface area contributed by atoms with Crippen LogP contribution >= 0.6 is 11.6 Å². The lowest BCUT2D eigenvalue weighted by Gasteiger charge is -2.10. The summed E-state index contributed by atoms with van der Waals surface area (Å²) in [6.45, 7) is -0.689. The van der Waals surface area contributed by atoms with Crippen molar-refractivity contribution in [3.63, 3.8) is 0 Å². The van der Waals surface area contributed by atoms with Crippen LogP contribution in [0.4, 0.5) is 14.5 Å². The van der Waals surface area contributed by atoms with Gasteiger partial charge in [0.15, 0.2) is 11.5 Å². The van der Waals surface area contributed by atoms with Crippen molar-refractivity contribution in [2.75, 3.05) is 12.4 Å². The normalized spacial score (nSPS) is 10.9. The maximum atomic E-state index is 12.4. The van der Waals surface area contributed by atoms with Crippen LogP contribution in [0.5, 0.6) is 11.5 Å². The van der Waals surface area contributed by atoms with E-state index in [4.69, 9.17) is 20.9 Å². The van der Waals surface area contributed by atoms with E-state index in [0.29, 0.717) is 28.8 Å². The van der Waals surface area contributed by atoms with Crippen molar-refractivity contribution < 1.29 is 22.8 Å². The number of alkyl halides is 2. The monoisotopic (exact) mass is 395 g/mol. The molecule has 6 nitrogen and oxygen atoms in total. The summed E-state index contributed by atoms with van der Waals surface area (Å²) >= 11 is 5.94. The van der Waals surface area contributed by atoms with Crippen molar-refractivity contribution in [1.29, 1.82) is 0 Å². The third-order valence-electron chi connectivity index (χ3n) is 3.72. The Hall–Kier alpha value is -2.87. The molecule has 0 unspecified atom stereocenters. The lowest BCUT2D eigenvalue weighted by molar-refractivity contribution is -0.0512. The van der Waals surface area contributed by atoms with Gasteiger partial charge in [0.25, 0.3) is 0 Å². The van der Waals surface area contributed by atoms with Crippen LogP contribution in [0.2, 0.25) is 5.02 Å². The number of anilines is 1. The third kappa shape index (κ3) is 4.65. The molecule has 0 spiro atoms. The first-order chi connectivity index (χ1) is 13.0. The Labute approximate surface area is 159 Å². The van der Waals surface area contributed by atoms with E-state index in [0.717, 1.165) is 11.3 Å². The fourth-order valence-corrected chi connectivity index (χ4v) is 2.67. The summed E-state index contributed by atoms with van der Waals surface area (Å²) in [5.74, 6) is 0.752. The molecule has 0 fully saturated rings. The van der Waals surface area contributed by atoms with Gasteiger partial charge in [-0.3, -0.25) is 0 Å². The van der Waals surface area contributed by atoms with Gasteiger partial charge in [0, 0.05) is 16.3 Å². The number of benzene rings is 2. The van der Waals surface area contributed by atoms with Gasteiger partial charge < -0.3 is 19.3 Å². The molecule has 3 aromatic rings. The molecular formula is C18H16ClF2N3O3. The number of nitrogens with zero attached hydrogens (tertiary/aromatic N) is 2. The maximum absolute atomic E-state index is 12.4. The molecule has 0 radical (unpaired) electrons. The number of aryl methyl sites for hydroxylation is 1. The minimum absolute atomic E-state index is 0.0696. The molecule has 27 heavy (non-hydrogen) atoms. The number of rotatable bonds is 7. The van der Waals surface area contributed by atoms with Crippen LogP contribution < -0.4 is 14.8 Å². The number of hydrogen-bond donors (Lipinski definition) is 1. The van der Waals surface area contributed by atoms with E-state index < -0.39 is 6.61 Å². The fraction of sp³-hybridized carbons (Fsp3) is 0.222. The van der Waals surface area contributed by atoms with Crippen molar-refractivity contribution in [3.8, 4) is 22.9 Å². The Morgan fingerprint density at radius 2 is 2.00 bits per heavy atom. The number of hydrogen-bond acceptors (Lipinski definition) is 6. The van der Waals surface area contributed by atoms with Gasteiger partial charge in [0.05, 0.1) is 13.7 Å². The predicted octanol–water partition coefficient (Wildman–Crippen LogP) is 4.92. The van der Waals surface area contributed by atoms with E-state index >= 15 is 0 Å². The van der Waals surface area contributed by atoms with Gasteiger partial charge in [0.1, 0.15) is 0 Å². The number of aromatic nitrogens is 2. The highest BCUT2D eigenvalue weighted by molar-refractivity contribution is 6.30. The highest BCUT2D eigenvalue weighted by Gasteiger charge is 2.15. The SMILES string of the molecule is COc1cc(-c2noc(CNc3ccc(Cl)cc3C)n2)ccc1OC(F)F. The second kappa shape index (κ2) is 8.22. The van der Waals surface area contributed by atoms with Crippen molar-refractivity contribution >= 4 is 17.3 Å². The second-order valence-corrected chi connectivity index (χ2v) is 6.01. The van der Waals surface area contributed by atoms with Crippen molar-refractivity contribution in [1.82, 2.24) is 10.1 Å². The first kappa shape index (κ1) is 18.9. The molecule has 142 valence electrons. The van der Waals surface area contributed by atoms with Gasteiger partial charge in [-0.1, -0.05) is 16.8 Å². The quantitative estimate of drug-likeness (QED) is 0.612. The average Bonchev–Trinajstić information content (AvgIpc) is 3.10. The Balaban J connectivity index is 1.73. The van der Waals surface area contributed by atoms with Crippen molar-refractivity contribution in [2.45, 2.75) is 20.1 Å². The Morgan fingerprint density at radius 1 is 1.19 bits per heavy atom. The van der Waals surface area contributed by atoms with E-state index in [1.165, 1.54) is 19.2 Å². The summed E-state index contributed by atoms with van der Waals surface area (Å²) in [7, 11) is 1.36. The predicted molar refractivity (Wildman–Crippen MR) is 96.4 cm³/mol. The molecule has 3 rings (SSSR count). The minimum atomic E-state index is -2.94. The molecular weight excluding hydrogens is 380 g/mol. The zero-order valence-corrected chi connectivity index (χ0v) is 15.3. The molecule has 0 saturated heterocycles. The van der Waals surface area contributed by atoms with Crippen LogP contribution in [0.1, 0.15) is 11.5 Å². The first-order valence-corrected chi connectivity index (χ1v) is 8.30. The zero-order valence-electron chi connectivity index (χ0n) is 14.5. The molecule has 0 bridgehead atoms. The second-order valence-electron chi connectivity index (χ2n) is 5.57. The van der Waals surface area contributed by atoms with Crippen LogP contribution in [0.3, 0.4) is 0 Å².